The number of rotatable bonds is 9. The molecule has 1 amide bonds. The molecule has 3 N–H and O–H groups in total. The van der Waals surface area contributed by atoms with Gasteiger partial charge in [-0.2, -0.15) is 0 Å². The molecule has 17 heavy (non-hydrogen) atoms. The van der Waals surface area contributed by atoms with E-state index < -0.39 is 0 Å². The van der Waals surface area contributed by atoms with Crippen LogP contribution in [0.25, 0.3) is 0 Å². The zero-order chi connectivity index (χ0) is 13.3. The SMILES string of the molecule is CCCC(C)NC(=O)C(CN)(CCC)CCC. The van der Waals surface area contributed by atoms with Crippen LogP contribution < -0.4 is 11.1 Å². The first kappa shape index (κ1) is 16.4. The van der Waals surface area contributed by atoms with E-state index in [4.69, 9.17) is 5.73 Å². The van der Waals surface area contributed by atoms with Crippen LogP contribution >= 0.6 is 0 Å². The van der Waals surface area contributed by atoms with Crippen LogP contribution in [-0.2, 0) is 4.79 Å². The lowest BCUT2D eigenvalue weighted by atomic mass is 9.78. The molecule has 0 rings (SSSR count). The van der Waals surface area contributed by atoms with Crippen LogP contribution in [0.5, 0.6) is 0 Å². The summed E-state index contributed by atoms with van der Waals surface area (Å²) in [6.07, 6.45) is 5.92. The maximum atomic E-state index is 12.4. The van der Waals surface area contributed by atoms with E-state index in [1.165, 1.54) is 0 Å². The van der Waals surface area contributed by atoms with Gasteiger partial charge in [0.1, 0.15) is 0 Å². The third kappa shape index (κ3) is 5.07. The molecule has 0 aromatic carbocycles. The summed E-state index contributed by atoms with van der Waals surface area (Å²) in [7, 11) is 0. The van der Waals surface area contributed by atoms with Gasteiger partial charge in [0, 0.05) is 12.6 Å². The molecule has 0 saturated heterocycles. The molecule has 0 heterocycles. The van der Waals surface area contributed by atoms with Crippen LogP contribution in [0.1, 0.15) is 66.2 Å². The first-order valence-corrected chi connectivity index (χ1v) is 7.07. The summed E-state index contributed by atoms with van der Waals surface area (Å²) in [4.78, 5) is 12.4. The number of amides is 1. The zero-order valence-corrected chi connectivity index (χ0v) is 12.0. The summed E-state index contributed by atoms with van der Waals surface area (Å²) < 4.78 is 0. The lowest BCUT2D eigenvalue weighted by Gasteiger charge is -2.32. The predicted molar refractivity (Wildman–Crippen MR) is 73.8 cm³/mol. The van der Waals surface area contributed by atoms with Crippen LogP contribution in [0.3, 0.4) is 0 Å². The third-order valence-electron chi connectivity index (χ3n) is 3.43. The number of carbonyl (C=O) groups excluding carboxylic acids is 1. The van der Waals surface area contributed by atoms with Gasteiger partial charge in [-0.05, 0) is 26.2 Å². The molecule has 0 aromatic heterocycles. The zero-order valence-electron chi connectivity index (χ0n) is 12.0. The summed E-state index contributed by atoms with van der Waals surface area (Å²) in [6, 6.07) is 0.257. The highest BCUT2D eigenvalue weighted by Gasteiger charge is 2.35. The quantitative estimate of drug-likeness (QED) is 0.653. The van der Waals surface area contributed by atoms with Crippen molar-refractivity contribution < 1.29 is 4.79 Å². The number of carbonyl (C=O) groups is 1. The molecule has 0 aliphatic rings. The molecule has 0 radical (unpaired) electrons. The Balaban J connectivity index is 4.60. The van der Waals surface area contributed by atoms with E-state index >= 15 is 0 Å². The topological polar surface area (TPSA) is 55.1 Å². The first-order valence-electron chi connectivity index (χ1n) is 7.07. The molecule has 0 saturated carbocycles. The van der Waals surface area contributed by atoms with Gasteiger partial charge < -0.3 is 11.1 Å². The third-order valence-corrected chi connectivity index (χ3v) is 3.43. The van der Waals surface area contributed by atoms with Crippen molar-refractivity contribution in [2.75, 3.05) is 6.54 Å². The minimum Gasteiger partial charge on any atom is -0.353 e. The second-order valence-corrected chi connectivity index (χ2v) is 5.15. The summed E-state index contributed by atoms with van der Waals surface area (Å²) in [5.74, 6) is 0.157. The van der Waals surface area contributed by atoms with Crippen LogP contribution in [0.4, 0.5) is 0 Å². The Kier molecular flexibility index (Phi) is 8.23. The highest BCUT2D eigenvalue weighted by molar-refractivity contribution is 5.83. The summed E-state index contributed by atoms with van der Waals surface area (Å²) >= 11 is 0. The highest BCUT2D eigenvalue weighted by Crippen LogP contribution is 2.29. The minimum atomic E-state index is -0.342. The number of hydrogen-bond acceptors (Lipinski definition) is 2. The van der Waals surface area contributed by atoms with Gasteiger partial charge in [0.05, 0.1) is 5.41 Å². The highest BCUT2D eigenvalue weighted by atomic mass is 16.2. The van der Waals surface area contributed by atoms with Crippen molar-refractivity contribution in [1.82, 2.24) is 5.32 Å². The van der Waals surface area contributed by atoms with Gasteiger partial charge in [0.25, 0.3) is 0 Å². The molecule has 0 aliphatic carbocycles. The average molecular weight is 242 g/mol. The lowest BCUT2D eigenvalue weighted by Crippen LogP contribution is -2.48. The molecule has 0 bridgehead atoms. The molecule has 0 spiro atoms. The Morgan fingerprint density at radius 3 is 2.06 bits per heavy atom. The van der Waals surface area contributed by atoms with Crippen molar-refractivity contribution in [3.63, 3.8) is 0 Å². The van der Waals surface area contributed by atoms with Crippen molar-refractivity contribution in [3.8, 4) is 0 Å². The molecular weight excluding hydrogens is 212 g/mol. The number of nitrogens with two attached hydrogens (primary N) is 1. The van der Waals surface area contributed by atoms with E-state index in [9.17, 15) is 4.79 Å². The lowest BCUT2D eigenvalue weighted by molar-refractivity contribution is -0.132. The average Bonchev–Trinajstić information content (AvgIpc) is 2.28. The van der Waals surface area contributed by atoms with Gasteiger partial charge in [-0.25, -0.2) is 0 Å². The van der Waals surface area contributed by atoms with Gasteiger partial charge in [-0.15, -0.1) is 0 Å². The molecule has 102 valence electrons. The Morgan fingerprint density at radius 1 is 1.18 bits per heavy atom. The second kappa shape index (κ2) is 8.51. The van der Waals surface area contributed by atoms with E-state index in [2.05, 4.69) is 33.0 Å². The molecule has 0 aliphatic heterocycles. The fourth-order valence-corrected chi connectivity index (χ4v) is 2.49. The summed E-state index contributed by atoms with van der Waals surface area (Å²) in [5, 5.41) is 3.12. The van der Waals surface area contributed by atoms with Gasteiger partial charge in [0.15, 0.2) is 0 Å². The molecule has 3 heteroatoms. The van der Waals surface area contributed by atoms with Crippen LogP contribution in [0.2, 0.25) is 0 Å². The monoisotopic (exact) mass is 242 g/mol. The largest absolute Gasteiger partial charge is 0.353 e. The molecule has 1 unspecified atom stereocenters. The maximum Gasteiger partial charge on any atom is 0.227 e. The number of nitrogens with one attached hydrogen (secondary N) is 1. The van der Waals surface area contributed by atoms with E-state index in [1.807, 2.05) is 0 Å². The van der Waals surface area contributed by atoms with Crippen molar-refractivity contribution in [1.29, 1.82) is 0 Å². The smallest absolute Gasteiger partial charge is 0.227 e. The van der Waals surface area contributed by atoms with E-state index in [0.29, 0.717) is 6.54 Å². The van der Waals surface area contributed by atoms with E-state index in [1.54, 1.807) is 0 Å². The summed E-state index contributed by atoms with van der Waals surface area (Å²) in [5.41, 5.74) is 5.53. The molecule has 3 nitrogen and oxygen atoms in total. The van der Waals surface area contributed by atoms with E-state index in [-0.39, 0.29) is 17.4 Å². The number of hydrogen-bond donors (Lipinski definition) is 2. The Morgan fingerprint density at radius 2 is 1.71 bits per heavy atom. The van der Waals surface area contributed by atoms with Crippen LogP contribution in [-0.4, -0.2) is 18.5 Å². The van der Waals surface area contributed by atoms with Gasteiger partial charge in [-0.3, -0.25) is 4.79 Å². The molecular formula is C14H30N2O. The molecule has 1 atom stereocenters. The minimum absolute atomic E-state index is 0.157. The molecule has 0 aromatic rings. The van der Waals surface area contributed by atoms with Crippen LogP contribution in [0, 0.1) is 5.41 Å². The standard InChI is InChI=1S/C14H30N2O/c1-5-8-12(4)16-13(17)14(11-15,9-6-2)10-7-3/h12H,5-11,15H2,1-4H3,(H,16,17). The fourth-order valence-electron chi connectivity index (χ4n) is 2.49. The predicted octanol–water partition coefficient (Wildman–Crippen LogP) is 2.84. The first-order chi connectivity index (χ1) is 8.06. The Bertz CT molecular complexity index is 210. The van der Waals surface area contributed by atoms with Crippen LogP contribution in [0.15, 0.2) is 0 Å². The maximum absolute atomic E-state index is 12.4. The van der Waals surface area contributed by atoms with Gasteiger partial charge in [0.2, 0.25) is 5.91 Å². The Hall–Kier alpha value is -0.570. The normalized spacial score (nSPS) is 13.5. The van der Waals surface area contributed by atoms with Gasteiger partial charge in [-0.1, -0.05) is 40.0 Å². The van der Waals surface area contributed by atoms with Crippen molar-refractivity contribution in [3.05, 3.63) is 0 Å². The Labute approximate surface area is 107 Å². The van der Waals surface area contributed by atoms with Crippen molar-refractivity contribution in [2.24, 2.45) is 11.1 Å². The fraction of sp³-hybridized carbons (Fsp3) is 0.929. The molecule has 0 fully saturated rings. The van der Waals surface area contributed by atoms with Gasteiger partial charge >= 0.3 is 0 Å². The second-order valence-electron chi connectivity index (χ2n) is 5.15. The summed E-state index contributed by atoms with van der Waals surface area (Å²) in [6.45, 7) is 8.89. The van der Waals surface area contributed by atoms with Crippen molar-refractivity contribution in [2.45, 2.75) is 72.3 Å². The van der Waals surface area contributed by atoms with E-state index in [0.717, 1.165) is 38.5 Å². The van der Waals surface area contributed by atoms with Crippen molar-refractivity contribution >= 4 is 5.91 Å².